The first-order valence-electron chi connectivity index (χ1n) is 7.75. The van der Waals surface area contributed by atoms with Crippen LogP contribution in [0.25, 0.3) is 0 Å². The van der Waals surface area contributed by atoms with E-state index >= 15 is 0 Å². The van der Waals surface area contributed by atoms with Gasteiger partial charge in [-0.1, -0.05) is 42.2 Å². The molecule has 0 spiro atoms. The number of hydrogen-bond donors (Lipinski definition) is 2. The number of amides is 1. The molecule has 0 fully saturated rings. The van der Waals surface area contributed by atoms with Crippen LogP contribution in [0.4, 0.5) is 4.79 Å². The van der Waals surface area contributed by atoms with Gasteiger partial charge in [-0.2, -0.15) is 0 Å². The van der Waals surface area contributed by atoms with Gasteiger partial charge >= 0.3 is 6.09 Å². The van der Waals surface area contributed by atoms with Crippen LogP contribution in [0, 0.1) is 18.8 Å². The second-order valence-corrected chi connectivity index (χ2v) is 5.46. The first-order chi connectivity index (χ1) is 12.0. The van der Waals surface area contributed by atoms with E-state index in [2.05, 4.69) is 17.2 Å². The van der Waals surface area contributed by atoms with Gasteiger partial charge in [0.05, 0.1) is 12.1 Å². The summed E-state index contributed by atoms with van der Waals surface area (Å²) < 4.78 is 5.07. The third-order valence-electron chi connectivity index (χ3n) is 3.48. The Morgan fingerprint density at radius 2 is 1.92 bits per heavy atom. The number of phenolic OH excluding ortho intramolecular Hbond substituents is 1. The summed E-state index contributed by atoms with van der Waals surface area (Å²) in [6.45, 7) is 3.50. The third-order valence-corrected chi connectivity index (χ3v) is 3.48. The molecule has 2 aromatic rings. The van der Waals surface area contributed by atoms with Gasteiger partial charge < -0.3 is 15.2 Å². The fourth-order valence-electron chi connectivity index (χ4n) is 2.14. The number of benzene rings is 2. The molecule has 0 saturated carbocycles. The van der Waals surface area contributed by atoms with E-state index < -0.39 is 6.09 Å². The lowest BCUT2D eigenvalue weighted by Gasteiger charge is -2.05. The fourth-order valence-corrected chi connectivity index (χ4v) is 2.14. The summed E-state index contributed by atoms with van der Waals surface area (Å²) in [6.07, 6.45) is -0.551. The zero-order valence-electron chi connectivity index (χ0n) is 14.1. The Labute approximate surface area is 146 Å². The van der Waals surface area contributed by atoms with Crippen molar-refractivity contribution in [1.82, 2.24) is 5.32 Å². The third kappa shape index (κ3) is 5.40. The summed E-state index contributed by atoms with van der Waals surface area (Å²) in [6, 6.07) is 12.4. The number of ketones is 1. The molecule has 0 heterocycles. The van der Waals surface area contributed by atoms with Crippen LogP contribution in [-0.2, 0) is 11.3 Å². The molecule has 0 bridgehead atoms. The van der Waals surface area contributed by atoms with E-state index in [0.29, 0.717) is 5.56 Å². The van der Waals surface area contributed by atoms with Crippen LogP contribution in [0.2, 0.25) is 0 Å². The second-order valence-electron chi connectivity index (χ2n) is 5.46. The van der Waals surface area contributed by atoms with E-state index in [9.17, 15) is 14.7 Å². The largest absolute Gasteiger partial charge is 0.507 e. The highest BCUT2D eigenvalue weighted by atomic mass is 16.5. The van der Waals surface area contributed by atoms with Gasteiger partial charge in [-0.25, -0.2) is 4.79 Å². The van der Waals surface area contributed by atoms with E-state index in [4.69, 9.17) is 4.74 Å². The van der Waals surface area contributed by atoms with Crippen LogP contribution in [0.1, 0.15) is 34.0 Å². The molecule has 0 aliphatic rings. The molecule has 5 nitrogen and oxygen atoms in total. The van der Waals surface area contributed by atoms with Crippen LogP contribution in [-0.4, -0.2) is 23.5 Å². The minimum absolute atomic E-state index is 0.0994. The van der Waals surface area contributed by atoms with E-state index in [0.717, 1.165) is 11.1 Å². The maximum atomic E-state index is 11.6. The van der Waals surface area contributed by atoms with Gasteiger partial charge in [0.1, 0.15) is 12.4 Å². The lowest BCUT2D eigenvalue weighted by Crippen LogP contribution is -2.24. The van der Waals surface area contributed by atoms with Gasteiger partial charge in [-0.15, -0.1) is 0 Å². The Morgan fingerprint density at radius 3 is 2.60 bits per heavy atom. The number of aryl methyl sites for hydroxylation is 1. The zero-order chi connectivity index (χ0) is 18.2. The average molecular weight is 337 g/mol. The van der Waals surface area contributed by atoms with E-state index in [1.165, 1.54) is 13.0 Å². The molecular formula is C20H19NO4. The SMILES string of the molecule is CC(=O)c1cc(C)c(C#CCNC(=O)OCc2ccccc2)cc1O. The van der Waals surface area contributed by atoms with Crippen molar-refractivity contribution in [3.63, 3.8) is 0 Å². The number of ether oxygens (including phenoxy) is 1. The van der Waals surface area contributed by atoms with E-state index in [1.54, 1.807) is 13.0 Å². The molecular weight excluding hydrogens is 318 g/mol. The van der Waals surface area contributed by atoms with Crippen LogP contribution in [0.3, 0.4) is 0 Å². The Bertz CT molecular complexity index is 832. The van der Waals surface area contributed by atoms with E-state index in [-0.39, 0.29) is 30.2 Å². The maximum absolute atomic E-state index is 11.6. The Balaban J connectivity index is 1.87. The van der Waals surface area contributed by atoms with Gasteiger partial charge in [0, 0.05) is 5.56 Å². The molecule has 128 valence electrons. The lowest BCUT2D eigenvalue weighted by molar-refractivity contribution is 0.101. The minimum atomic E-state index is -0.551. The molecule has 0 aliphatic heterocycles. The van der Waals surface area contributed by atoms with Crippen LogP contribution in [0.5, 0.6) is 5.75 Å². The standard InChI is InChI=1S/C20H19NO4/c1-14-11-18(15(2)22)19(23)12-17(14)9-6-10-21-20(24)25-13-16-7-4-3-5-8-16/h3-5,7-8,11-12,23H,10,13H2,1-2H3,(H,21,24). The summed E-state index contributed by atoms with van der Waals surface area (Å²) in [5, 5.41) is 12.4. The van der Waals surface area contributed by atoms with Crippen molar-refractivity contribution in [3.05, 3.63) is 64.7 Å². The summed E-state index contributed by atoms with van der Waals surface area (Å²) in [5.41, 5.74) is 2.55. The zero-order valence-corrected chi connectivity index (χ0v) is 14.1. The highest BCUT2D eigenvalue weighted by Gasteiger charge is 2.09. The molecule has 2 aromatic carbocycles. The topological polar surface area (TPSA) is 75.6 Å². The van der Waals surface area contributed by atoms with Gasteiger partial charge in [0.15, 0.2) is 5.78 Å². The number of rotatable bonds is 4. The number of carbonyl (C=O) groups is 2. The number of nitrogens with one attached hydrogen (secondary N) is 1. The molecule has 0 atom stereocenters. The van der Waals surface area contributed by atoms with Crippen LogP contribution in [0.15, 0.2) is 42.5 Å². The highest BCUT2D eigenvalue weighted by Crippen LogP contribution is 2.22. The molecule has 0 saturated heterocycles. The Kier molecular flexibility index (Phi) is 6.19. The molecule has 2 N–H and O–H groups in total. The van der Waals surface area contributed by atoms with Crippen molar-refractivity contribution in [2.75, 3.05) is 6.54 Å². The smallest absolute Gasteiger partial charge is 0.408 e. The summed E-state index contributed by atoms with van der Waals surface area (Å²) in [7, 11) is 0. The minimum Gasteiger partial charge on any atom is -0.507 e. The van der Waals surface area contributed by atoms with Gasteiger partial charge in [0.25, 0.3) is 0 Å². The number of carbonyl (C=O) groups excluding carboxylic acids is 2. The van der Waals surface area contributed by atoms with Crippen molar-refractivity contribution in [2.45, 2.75) is 20.5 Å². The first-order valence-corrected chi connectivity index (χ1v) is 7.75. The molecule has 1 amide bonds. The quantitative estimate of drug-likeness (QED) is 0.664. The molecule has 0 unspecified atom stereocenters. The van der Waals surface area contributed by atoms with Gasteiger partial charge in [-0.3, -0.25) is 4.79 Å². The lowest BCUT2D eigenvalue weighted by atomic mass is 10.0. The number of phenols is 1. The fraction of sp³-hybridized carbons (Fsp3) is 0.200. The average Bonchev–Trinajstić information content (AvgIpc) is 2.60. The van der Waals surface area contributed by atoms with Crippen molar-refractivity contribution >= 4 is 11.9 Å². The van der Waals surface area contributed by atoms with Gasteiger partial charge in [-0.05, 0) is 37.1 Å². The maximum Gasteiger partial charge on any atom is 0.408 e. The normalized spacial score (nSPS) is 9.68. The monoisotopic (exact) mass is 337 g/mol. The molecule has 0 aromatic heterocycles. The Hall–Kier alpha value is -3.26. The second kappa shape index (κ2) is 8.55. The Morgan fingerprint density at radius 1 is 1.20 bits per heavy atom. The summed E-state index contributed by atoms with van der Waals surface area (Å²) in [4.78, 5) is 23.0. The number of aromatic hydroxyl groups is 1. The first kappa shape index (κ1) is 18.1. The van der Waals surface area contributed by atoms with Crippen molar-refractivity contribution in [1.29, 1.82) is 0 Å². The van der Waals surface area contributed by atoms with E-state index in [1.807, 2.05) is 30.3 Å². The molecule has 2 rings (SSSR count). The molecule has 25 heavy (non-hydrogen) atoms. The summed E-state index contributed by atoms with van der Waals surface area (Å²) in [5.74, 6) is 5.34. The van der Waals surface area contributed by atoms with Crippen molar-refractivity contribution in [3.8, 4) is 17.6 Å². The number of alkyl carbamates (subject to hydrolysis) is 1. The predicted molar refractivity (Wildman–Crippen MR) is 94.4 cm³/mol. The van der Waals surface area contributed by atoms with Crippen molar-refractivity contribution in [2.24, 2.45) is 0 Å². The van der Waals surface area contributed by atoms with Crippen LogP contribution < -0.4 is 5.32 Å². The molecule has 0 radical (unpaired) electrons. The van der Waals surface area contributed by atoms with Crippen molar-refractivity contribution < 1.29 is 19.4 Å². The molecule has 0 aliphatic carbocycles. The van der Waals surface area contributed by atoms with Crippen LogP contribution >= 0.6 is 0 Å². The number of hydrogen-bond acceptors (Lipinski definition) is 4. The summed E-state index contributed by atoms with van der Waals surface area (Å²) >= 11 is 0. The predicted octanol–water partition coefficient (Wildman–Crippen LogP) is 3.18. The number of Topliss-reactive ketones (excluding diaryl/α,β-unsaturated/α-hetero) is 1. The highest BCUT2D eigenvalue weighted by molar-refractivity contribution is 5.97. The van der Waals surface area contributed by atoms with Gasteiger partial charge in [0.2, 0.25) is 0 Å². The molecule has 5 heteroatoms.